The van der Waals surface area contributed by atoms with E-state index in [1.54, 1.807) is 18.2 Å². The van der Waals surface area contributed by atoms with Crippen LogP contribution in [0.1, 0.15) is 15.9 Å². The molecule has 5 heteroatoms. The van der Waals surface area contributed by atoms with E-state index in [0.29, 0.717) is 21.2 Å². The second-order valence-corrected chi connectivity index (χ2v) is 4.34. The number of ketones is 1. The zero-order chi connectivity index (χ0) is 11.7. The Morgan fingerprint density at radius 2 is 1.75 bits per heavy atom. The van der Waals surface area contributed by atoms with Gasteiger partial charge in [-0.2, -0.15) is 0 Å². The van der Waals surface area contributed by atoms with Crippen molar-refractivity contribution in [1.82, 2.24) is 4.98 Å². The Balaban J connectivity index is 2.50. The highest BCUT2D eigenvalue weighted by molar-refractivity contribution is 6.45. The van der Waals surface area contributed by atoms with E-state index < -0.39 is 0 Å². The van der Waals surface area contributed by atoms with Crippen LogP contribution in [0.2, 0.25) is 15.1 Å². The molecule has 0 radical (unpaired) electrons. The van der Waals surface area contributed by atoms with Gasteiger partial charge in [-0.25, -0.2) is 0 Å². The summed E-state index contributed by atoms with van der Waals surface area (Å²) in [5.74, 6) is -0.251. The van der Waals surface area contributed by atoms with Crippen LogP contribution < -0.4 is 0 Å². The van der Waals surface area contributed by atoms with Gasteiger partial charge in [-0.05, 0) is 12.1 Å². The molecule has 0 atom stereocenters. The highest BCUT2D eigenvalue weighted by Crippen LogP contribution is 2.28. The van der Waals surface area contributed by atoms with Crippen LogP contribution >= 0.6 is 34.8 Å². The standard InChI is InChI=1S/C11H6Cl3NO/c12-8-3-1-2-6(10(8)14)11(16)7-4-15-5-9(7)13/h1-5,15H. The molecule has 16 heavy (non-hydrogen) atoms. The summed E-state index contributed by atoms with van der Waals surface area (Å²) in [5.41, 5.74) is 0.724. The summed E-state index contributed by atoms with van der Waals surface area (Å²) >= 11 is 17.6. The molecule has 82 valence electrons. The van der Waals surface area contributed by atoms with Crippen molar-refractivity contribution in [2.75, 3.05) is 0 Å². The normalized spacial score (nSPS) is 10.4. The highest BCUT2D eigenvalue weighted by Gasteiger charge is 2.17. The van der Waals surface area contributed by atoms with Gasteiger partial charge in [-0.15, -0.1) is 0 Å². The van der Waals surface area contributed by atoms with Crippen LogP contribution in [-0.2, 0) is 0 Å². The first-order chi connectivity index (χ1) is 7.61. The fourth-order valence-corrected chi connectivity index (χ4v) is 1.93. The van der Waals surface area contributed by atoms with Crippen LogP contribution in [0.15, 0.2) is 30.6 Å². The van der Waals surface area contributed by atoms with Crippen LogP contribution in [0, 0.1) is 0 Å². The van der Waals surface area contributed by atoms with Crippen molar-refractivity contribution in [2.45, 2.75) is 0 Å². The highest BCUT2D eigenvalue weighted by atomic mass is 35.5. The molecule has 2 aromatic rings. The van der Waals surface area contributed by atoms with Gasteiger partial charge in [0.2, 0.25) is 0 Å². The molecular formula is C11H6Cl3NO. The van der Waals surface area contributed by atoms with Gasteiger partial charge in [0, 0.05) is 18.0 Å². The van der Waals surface area contributed by atoms with Crippen molar-refractivity contribution in [3.05, 3.63) is 56.8 Å². The number of hydrogen-bond donors (Lipinski definition) is 1. The predicted molar refractivity (Wildman–Crippen MR) is 65.7 cm³/mol. The number of hydrogen-bond acceptors (Lipinski definition) is 1. The van der Waals surface area contributed by atoms with Crippen molar-refractivity contribution in [1.29, 1.82) is 0 Å². The molecule has 0 amide bonds. The number of H-pyrrole nitrogens is 1. The first-order valence-electron chi connectivity index (χ1n) is 4.42. The largest absolute Gasteiger partial charge is 0.366 e. The van der Waals surface area contributed by atoms with E-state index in [1.807, 2.05) is 0 Å². The molecule has 0 aliphatic rings. The number of nitrogens with one attached hydrogen (secondary N) is 1. The Kier molecular flexibility index (Phi) is 3.24. The van der Waals surface area contributed by atoms with E-state index in [2.05, 4.69) is 4.98 Å². The second kappa shape index (κ2) is 4.50. The smallest absolute Gasteiger partial charge is 0.197 e. The van der Waals surface area contributed by atoms with Gasteiger partial charge in [0.25, 0.3) is 0 Å². The van der Waals surface area contributed by atoms with Crippen LogP contribution in [0.4, 0.5) is 0 Å². The SMILES string of the molecule is O=C(c1c[nH]cc1Cl)c1cccc(Cl)c1Cl. The lowest BCUT2D eigenvalue weighted by atomic mass is 10.1. The third-order valence-corrected chi connectivity index (χ3v) is 3.27. The van der Waals surface area contributed by atoms with Gasteiger partial charge >= 0.3 is 0 Å². The lowest BCUT2D eigenvalue weighted by Crippen LogP contribution is -2.01. The maximum absolute atomic E-state index is 12.1. The van der Waals surface area contributed by atoms with Crippen LogP contribution in [-0.4, -0.2) is 10.8 Å². The van der Waals surface area contributed by atoms with Crippen LogP contribution in [0.25, 0.3) is 0 Å². The van der Waals surface area contributed by atoms with E-state index in [0.717, 1.165) is 0 Å². The summed E-state index contributed by atoms with van der Waals surface area (Å²) in [5, 5.41) is 0.951. The van der Waals surface area contributed by atoms with E-state index in [4.69, 9.17) is 34.8 Å². The fourth-order valence-electron chi connectivity index (χ4n) is 1.34. The summed E-state index contributed by atoms with van der Waals surface area (Å²) < 4.78 is 0. The zero-order valence-electron chi connectivity index (χ0n) is 7.93. The third-order valence-electron chi connectivity index (χ3n) is 2.14. The minimum absolute atomic E-state index is 0.242. The van der Waals surface area contributed by atoms with Gasteiger partial charge in [0.05, 0.1) is 20.6 Å². The third kappa shape index (κ3) is 1.96. The van der Waals surface area contributed by atoms with E-state index >= 15 is 0 Å². The van der Waals surface area contributed by atoms with Crippen molar-refractivity contribution < 1.29 is 4.79 Å². The molecule has 1 N–H and O–H groups in total. The number of carbonyl (C=O) groups is 1. The second-order valence-electron chi connectivity index (χ2n) is 3.15. The molecule has 0 fully saturated rings. The summed E-state index contributed by atoms with van der Waals surface area (Å²) in [6.45, 7) is 0. The number of benzene rings is 1. The van der Waals surface area contributed by atoms with Gasteiger partial charge in [-0.3, -0.25) is 4.79 Å². The lowest BCUT2D eigenvalue weighted by Gasteiger charge is -2.03. The van der Waals surface area contributed by atoms with Crippen LogP contribution in [0.5, 0.6) is 0 Å². The Labute approximate surface area is 107 Å². The molecule has 0 unspecified atom stereocenters. The Morgan fingerprint density at radius 3 is 2.38 bits per heavy atom. The van der Waals surface area contributed by atoms with Crippen LogP contribution in [0.3, 0.4) is 0 Å². The molecule has 0 saturated carbocycles. The average molecular weight is 275 g/mol. The molecule has 0 spiro atoms. The monoisotopic (exact) mass is 273 g/mol. The summed E-state index contributed by atoms with van der Waals surface area (Å²) in [7, 11) is 0. The molecule has 1 aromatic carbocycles. The number of aromatic amines is 1. The quantitative estimate of drug-likeness (QED) is 0.818. The van der Waals surface area contributed by atoms with Crippen molar-refractivity contribution >= 4 is 40.6 Å². The molecule has 0 bridgehead atoms. The maximum Gasteiger partial charge on any atom is 0.197 e. The average Bonchev–Trinajstić information content (AvgIpc) is 2.68. The molecule has 0 saturated heterocycles. The Morgan fingerprint density at radius 1 is 1.00 bits per heavy atom. The Hall–Kier alpha value is -0.960. The Bertz CT molecular complexity index is 548. The molecule has 1 aromatic heterocycles. The number of halogens is 3. The maximum atomic E-state index is 12.1. The van der Waals surface area contributed by atoms with Gasteiger partial charge in [0.1, 0.15) is 0 Å². The molecule has 2 rings (SSSR count). The van der Waals surface area contributed by atoms with Gasteiger partial charge in [0.15, 0.2) is 5.78 Å². The fraction of sp³-hybridized carbons (Fsp3) is 0. The first kappa shape index (κ1) is 11.5. The van der Waals surface area contributed by atoms with E-state index in [-0.39, 0.29) is 10.8 Å². The summed E-state index contributed by atoms with van der Waals surface area (Å²) in [6.07, 6.45) is 3.06. The minimum atomic E-state index is -0.251. The number of carbonyl (C=O) groups excluding carboxylic acids is 1. The topological polar surface area (TPSA) is 32.9 Å². The van der Waals surface area contributed by atoms with Crippen molar-refractivity contribution in [3.63, 3.8) is 0 Å². The van der Waals surface area contributed by atoms with Crippen molar-refractivity contribution in [3.8, 4) is 0 Å². The molecular weight excluding hydrogens is 268 g/mol. The van der Waals surface area contributed by atoms with Gasteiger partial charge < -0.3 is 4.98 Å². The van der Waals surface area contributed by atoms with E-state index in [9.17, 15) is 4.79 Å². The van der Waals surface area contributed by atoms with Crippen molar-refractivity contribution in [2.24, 2.45) is 0 Å². The molecule has 2 nitrogen and oxygen atoms in total. The minimum Gasteiger partial charge on any atom is -0.366 e. The summed E-state index contributed by atoms with van der Waals surface area (Å²) in [4.78, 5) is 14.8. The zero-order valence-corrected chi connectivity index (χ0v) is 10.2. The number of aromatic nitrogens is 1. The first-order valence-corrected chi connectivity index (χ1v) is 5.55. The molecule has 0 aliphatic heterocycles. The molecule has 1 heterocycles. The van der Waals surface area contributed by atoms with Gasteiger partial charge in [-0.1, -0.05) is 40.9 Å². The lowest BCUT2D eigenvalue weighted by molar-refractivity contribution is 0.103. The van der Waals surface area contributed by atoms with E-state index in [1.165, 1.54) is 12.4 Å². The molecule has 0 aliphatic carbocycles. The predicted octanol–water partition coefficient (Wildman–Crippen LogP) is 4.21. The summed E-state index contributed by atoms with van der Waals surface area (Å²) in [6, 6.07) is 4.90. The number of rotatable bonds is 2.